The van der Waals surface area contributed by atoms with Gasteiger partial charge in [-0.3, -0.25) is 19.3 Å². The van der Waals surface area contributed by atoms with Crippen LogP contribution in [0.5, 0.6) is 0 Å². The fourth-order valence-corrected chi connectivity index (χ4v) is 5.07. The van der Waals surface area contributed by atoms with E-state index in [1.165, 1.54) is 11.8 Å². The second-order valence-electron chi connectivity index (χ2n) is 6.92. The highest BCUT2D eigenvalue weighted by molar-refractivity contribution is 8.26. The van der Waals surface area contributed by atoms with Crippen molar-refractivity contribution in [1.82, 2.24) is 4.90 Å². The fourth-order valence-electron chi connectivity index (χ4n) is 3.04. The van der Waals surface area contributed by atoms with E-state index >= 15 is 0 Å². The number of amides is 2. The van der Waals surface area contributed by atoms with Gasteiger partial charge in [-0.15, -0.1) is 11.3 Å². The fraction of sp³-hybridized carbons (Fsp3) is 0.273. The van der Waals surface area contributed by atoms with Gasteiger partial charge in [0, 0.05) is 29.1 Å². The van der Waals surface area contributed by atoms with E-state index in [0.717, 1.165) is 17.7 Å². The van der Waals surface area contributed by atoms with Gasteiger partial charge in [-0.2, -0.15) is 0 Å². The Hall–Kier alpha value is -2.33. The summed E-state index contributed by atoms with van der Waals surface area (Å²) < 4.78 is 0.581. The average Bonchev–Trinajstić information content (AvgIpc) is 3.36. The monoisotopic (exact) mass is 473 g/mol. The van der Waals surface area contributed by atoms with Crippen LogP contribution >= 0.6 is 35.3 Å². The average molecular weight is 474 g/mol. The van der Waals surface area contributed by atoms with Crippen LogP contribution in [0.25, 0.3) is 6.08 Å². The number of anilines is 1. The molecule has 1 aliphatic rings. The lowest BCUT2D eigenvalue weighted by Crippen LogP contribution is -2.29. The summed E-state index contributed by atoms with van der Waals surface area (Å²) in [5.74, 6) is -0.327. The molecule has 0 unspecified atom stereocenters. The number of ketones is 1. The van der Waals surface area contributed by atoms with Crippen molar-refractivity contribution in [2.75, 3.05) is 18.4 Å². The van der Waals surface area contributed by atoms with E-state index in [-0.39, 0.29) is 24.1 Å². The minimum absolute atomic E-state index is 0.0481. The van der Waals surface area contributed by atoms with Crippen molar-refractivity contribution >= 4 is 69.0 Å². The Balaban J connectivity index is 1.39. The maximum atomic E-state index is 12.6. The number of thiocarbonyl (C=S) groups is 1. The molecule has 9 heteroatoms. The van der Waals surface area contributed by atoms with E-state index in [9.17, 15) is 14.4 Å². The van der Waals surface area contributed by atoms with Crippen LogP contribution in [0.1, 0.15) is 40.9 Å². The van der Waals surface area contributed by atoms with Crippen LogP contribution in [0, 0.1) is 0 Å². The Morgan fingerprint density at radius 3 is 2.74 bits per heavy atom. The summed E-state index contributed by atoms with van der Waals surface area (Å²) in [6, 6.07) is 10.7. The smallest absolute Gasteiger partial charge is 0.266 e. The van der Waals surface area contributed by atoms with Crippen molar-refractivity contribution in [2.24, 2.45) is 5.73 Å². The van der Waals surface area contributed by atoms with Gasteiger partial charge < -0.3 is 11.1 Å². The molecule has 0 aliphatic carbocycles. The number of hydrogen-bond donors (Lipinski definition) is 2. The van der Waals surface area contributed by atoms with Gasteiger partial charge in [0.1, 0.15) is 4.32 Å². The van der Waals surface area contributed by atoms with Gasteiger partial charge in [-0.25, -0.2) is 0 Å². The molecular weight excluding hydrogens is 450 g/mol. The largest absolute Gasteiger partial charge is 0.326 e. The highest BCUT2D eigenvalue weighted by atomic mass is 32.2. The van der Waals surface area contributed by atoms with E-state index in [4.69, 9.17) is 18.0 Å². The number of benzene rings is 1. The summed E-state index contributed by atoms with van der Waals surface area (Å²) in [5.41, 5.74) is 6.44. The third-order valence-corrected chi connectivity index (χ3v) is 6.83. The van der Waals surface area contributed by atoms with Gasteiger partial charge in [0.15, 0.2) is 5.78 Å². The Morgan fingerprint density at radius 2 is 2.00 bits per heavy atom. The van der Waals surface area contributed by atoms with Crippen molar-refractivity contribution in [3.05, 3.63) is 57.1 Å². The Labute approximate surface area is 194 Å². The number of nitrogens with zero attached hydrogens (tertiary/aromatic N) is 1. The molecule has 6 nitrogen and oxygen atoms in total. The molecular formula is C22H23N3O3S3. The Bertz CT molecular complexity index is 1000. The Morgan fingerprint density at radius 1 is 1.16 bits per heavy atom. The zero-order chi connectivity index (χ0) is 22.2. The second kappa shape index (κ2) is 11.3. The van der Waals surface area contributed by atoms with Crippen LogP contribution in [0.2, 0.25) is 0 Å². The lowest BCUT2D eigenvalue weighted by molar-refractivity contribution is -0.122. The van der Waals surface area contributed by atoms with Crippen molar-refractivity contribution < 1.29 is 14.4 Å². The zero-order valence-corrected chi connectivity index (χ0v) is 19.3. The van der Waals surface area contributed by atoms with E-state index in [0.29, 0.717) is 39.9 Å². The molecule has 2 aromatic rings. The predicted molar refractivity (Wildman–Crippen MR) is 131 cm³/mol. The normalized spacial score (nSPS) is 15.0. The van der Waals surface area contributed by atoms with E-state index in [1.54, 1.807) is 40.5 Å². The minimum atomic E-state index is -0.169. The molecule has 0 radical (unpaired) electrons. The molecule has 2 amide bonds. The topological polar surface area (TPSA) is 92.5 Å². The number of hydrogen-bond acceptors (Lipinski definition) is 7. The first-order valence-electron chi connectivity index (χ1n) is 9.90. The Kier molecular flexibility index (Phi) is 8.53. The van der Waals surface area contributed by atoms with Crippen LogP contribution in [-0.4, -0.2) is 39.9 Å². The van der Waals surface area contributed by atoms with Gasteiger partial charge in [0.2, 0.25) is 5.91 Å². The van der Waals surface area contributed by atoms with E-state index in [1.807, 2.05) is 23.6 Å². The van der Waals surface area contributed by atoms with Gasteiger partial charge in [0.05, 0.1) is 11.4 Å². The molecule has 1 fully saturated rings. The molecule has 2 heterocycles. The van der Waals surface area contributed by atoms with Crippen LogP contribution in [-0.2, 0) is 9.59 Å². The van der Waals surface area contributed by atoms with Crippen molar-refractivity contribution in [1.29, 1.82) is 0 Å². The van der Waals surface area contributed by atoms with Crippen LogP contribution in [0.4, 0.5) is 5.69 Å². The SMILES string of the molecule is NCC(=O)c1cccc(NC(=O)CCCCCN2C(=O)/C(=C\c3cccs3)SC2=S)c1. The molecule has 3 N–H and O–H groups in total. The maximum Gasteiger partial charge on any atom is 0.266 e. The number of thiophene rings is 1. The quantitative estimate of drug-likeness (QED) is 0.231. The summed E-state index contributed by atoms with van der Waals surface area (Å²) in [5, 5.41) is 4.78. The van der Waals surface area contributed by atoms with Crippen molar-refractivity contribution in [3.63, 3.8) is 0 Å². The van der Waals surface area contributed by atoms with Gasteiger partial charge in [0.25, 0.3) is 5.91 Å². The molecule has 31 heavy (non-hydrogen) atoms. The van der Waals surface area contributed by atoms with Crippen LogP contribution in [0.15, 0.2) is 46.7 Å². The lowest BCUT2D eigenvalue weighted by Gasteiger charge is -2.14. The van der Waals surface area contributed by atoms with Gasteiger partial charge in [-0.05, 0) is 42.5 Å². The molecule has 0 saturated carbocycles. The van der Waals surface area contributed by atoms with Crippen LogP contribution < -0.4 is 11.1 Å². The molecule has 3 rings (SSSR count). The number of rotatable bonds is 10. The number of thioether (sulfide) groups is 1. The first-order valence-corrected chi connectivity index (χ1v) is 12.0. The number of unbranched alkanes of at least 4 members (excludes halogenated alkanes) is 2. The zero-order valence-electron chi connectivity index (χ0n) is 16.8. The molecule has 1 aromatic heterocycles. The summed E-state index contributed by atoms with van der Waals surface area (Å²) in [6.07, 6.45) is 4.52. The predicted octanol–water partition coefficient (Wildman–Crippen LogP) is 4.29. The van der Waals surface area contributed by atoms with E-state index < -0.39 is 0 Å². The molecule has 1 saturated heterocycles. The van der Waals surface area contributed by atoms with Crippen LogP contribution in [0.3, 0.4) is 0 Å². The summed E-state index contributed by atoms with van der Waals surface area (Å²) in [4.78, 5) is 39.7. The lowest BCUT2D eigenvalue weighted by atomic mass is 10.1. The first kappa shape index (κ1) is 23.3. The van der Waals surface area contributed by atoms with Gasteiger partial charge >= 0.3 is 0 Å². The highest BCUT2D eigenvalue weighted by Gasteiger charge is 2.31. The highest BCUT2D eigenvalue weighted by Crippen LogP contribution is 2.33. The standard InChI is InChI=1S/C22H23N3O3S3/c23-14-18(26)15-6-4-7-16(12-15)24-20(27)9-2-1-3-10-25-21(28)19(31-22(25)29)13-17-8-5-11-30-17/h4-8,11-13H,1-3,9-10,14,23H2,(H,24,27)/b19-13+. The second-order valence-corrected chi connectivity index (χ2v) is 9.57. The third kappa shape index (κ3) is 6.57. The maximum absolute atomic E-state index is 12.6. The molecule has 162 valence electrons. The molecule has 1 aromatic carbocycles. The molecule has 0 atom stereocenters. The number of carbonyl (C=O) groups is 3. The van der Waals surface area contributed by atoms with Crippen molar-refractivity contribution in [3.8, 4) is 0 Å². The van der Waals surface area contributed by atoms with Gasteiger partial charge in [-0.1, -0.05) is 48.6 Å². The first-order chi connectivity index (χ1) is 15.0. The molecule has 1 aliphatic heterocycles. The summed E-state index contributed by atoms with van der Waals surface area (Å²) in [7, 11) is 0. The third-order valence-electron chi connectivity index (χ3n) is 4.63. The number of Topliss-reactive ketones (excluding diaryl/α,β-unsaturated/α-hetero) is 1. The minimum Gasteiger partial charge on any atom is -0.326 e. The number of nitrogens with two attached hydrogens (primary N) is 1. The summed E-state index contributed by atoms with van der Waals surface area (Å²) in [6.45, 7) is 0.488. The summed E-state index contributed by atoms with van der Waals surface area (Å²) >= 11 is 8.27. The number of carbonyl (C=O) groups excluding carboxylic acids is 3. The molecule has 0 bridgehead atoms. The number of nitrogens with one attached hydrogen (secondary N) is 1. The van der Waals surface area contributed by atoms with Crippen molar-refractivity contribution in [2.45, 2.75) is 25.7 Å². The van der Waals surface area contributed by atoms with E-state index in [2.05, 4.69) is 5.32 Å². The molecule has 0 spiro atoms.